The maximum Gasteiger partial charge on any atom is 0.306 e. The zero-order valence-corrected chi connectivity index (χ0v) is 15.6. The van der Waals surface area contributed by atoms with Crippen molar-refractivity contribution in [3.05, 3.63) is 60.6 Å². The van der Waals surface area contributed by atoms with E-state index in [9.17, 15) is 4.79 Å². The molecule has 138 valence electrons. The first-order valence-electron chi connectivity index (χ1n) is 9.05. The summed E-state index contributed by atoms with van der Waals surface area (Å²) in [5.74, 6) is 0.219. The molecular weight excluding hydrogens is 372 g/mol. The van der Waals surface area contributed by atoms with Crippen molar-refractivity contribution in [3.63, 3.8) is 0 Å². The van der Waals surface area contributed by atoms with E-state index in [-0.39, 0.29) is 18.0 Å². The zero-order chi connectivity index (χ0) is 19.1. The predicted molar refractivity (Wildman–Crippen MR) is 110 cm³/mol. The Morgan fingerprint density at radius 1 is 1.25 bits per heavy atom. The molecule has 1 aliphatic rings. The zero-order valence-electron chi connectivity index (χ0n) is 14.8. The fraction of sp³-hybridized carbons (Fsp3) is 0.190. The Bertz CT molecular complexity index is 1250. The number of amides is 1. The molecule has 2 heterocycles. The van der Waals surface area contributed by atoms with Crippen LogP contribution < -0.4 is 5.32 Å². The topological polar surface area (TPSA) is 71.9 Å². The number of aromatic nitrogens is 2. The number of hydrogen-bond donors (Lipinski definition) is 1. The molecule has 28 heavy (non-hydrogen) atoms. The number of hydrogen-bond acceptors (Lipinski definition) is 5. The lowest BCUT2D eigenvalue weighted by Crippen LogP contribution is -2.46. The van der Waals surface area contributed by atoms with E-state index in [0.717, 1.165) is 29.2 Å². The van der Waals surface area contributed by atoms with Gasteiger partial charge in [-0.1, -0.05) is 36.4 Å². The first kappa shape index (κ1) is 16.9. The van der Waals surface area contributed by atoms with E-state index < -0.39 is 0 Å². The molecule has 0 spiro atoms. The number of nitrogens with zero attached hydrogens (tertiary/aromatic N) is 3. The van der Waals surface area contributed by atoms with Crippen molar-refractivity contribution >= 4 is 39.9 Å². The normalized spacial score (nSPS) is 18.6. The smallest absolute Gasteiger partial charge is 0.306 e. The molecule has 0 radical (unpaired) electrons. The molecule has 0 atom stereocenters. The maximum absolute atomic E-state index is 13.1. The summed E-state index contributed by atoms with van der Waals surface area (Å²) in [5, 5.41) is 7.71. The summed E-state index contributed by atoms with van der Waals surface area (Å²) in [7, 11) is 0. The van der Waals surface area contributed by atoms with Crippen LogP contribution in [0, 0.1) is 0 Å². The molecule has 0 unspecified atom stereocenters. The summed E-state index contributed by atoms with van der Waals surface area (Å²) in [6, 6.07) is 14.4. The standard InChI is InChI=1S/C21H16N4O2S/c26-20(23-17-10-16(11-17)22-12-28)19-18(24-21-25(19)7-8-27-21)15-6-5-13-3-1-2-4-14(13)9-15/h1-9,16-17H,10-11H2,(H,23,26)/t16-,17-. The Labute approximate surface area is 165 Å². The Balaban J connectivity index is 1.52. The van der Waals surface area contributed by atoms with Gasteiger partial charge in [0.15, 0.2) is 0 Å². The highest BCUT2D eigenvalue weighted by molar-refractivity contribution is 7.78. The summed E-state index contributed by atoms with van der Waals surface area (Å²) in [6.07, 6.45) is 4.78. The summed E-state index contributed by atoms with van der Waals surface area (Å²) in [6.45, 7) is 0. The molecule has 0 aliphatic heterocycles. The average Bonchev–Trinajstić information content (AvgIpc) is 3.27. The number of thiocarbonyl (C=S) groups is 1. The van der Waals surface area contributed by atoms with Gasteiger partial charge in [0.25, 0.3) is 5.91 Å². The van der Waals surface area contributed by atoms with E-state index in [0.29, 0.717) is 17.2 Å². The van der Waals surface area contributed by atoms with Gasteiger partial charge < -0.3 is 9.73 Å². The molecular formula is C21H16N4O2S. The van der Waals surface area contributed by atoms with Gasteiger partial charge in [-0.25, -0.2) is 4.99 Å². The molecule has 7 heteroatoms. The minimum absolute atomic E-state index is 0.0755. The SMILES string of the molecule is O=C(N[C@H]1C[C@H](N=C=S)C1)c1c(-c2ccc3ccccc3c2)nc2occn12. The first-order valence-corrected chi connectivity index (χ1v) is 9.46. The van der Waals surface area contributed by atoms with Gasteiger partial charge in [0.1, 0.15) is 17.7 Å². The predicted octanol–water partition coefficient (Wildman–Crippen LogP) is 4.11. The van der Waals surface area contributed by atoms with E-state index in [1.807, 2.05) is 36.4 Å². The third kappa shape index (κ3) is 2.81. The summed E-state index contributed by atoms with van der Waals surface area (Å²) >= 11 is 4.64. The van der Waals surface area contributed by atoms with E-state index in [2.05, 4.69) is 38.7 Å². The van der Waals surface area contributed by atoms with Gasteiger partial charge in [0.2, 0.25) is 0 Å². The van der Waals surface area contributed by atoms with Crippen LogP contribution in [0.3, 0.4) is 0 Å². The quantitative estimate of drug-likeness (QED) is 0.422. The second kappa shape index (κ2) is 6.71. The fourth-order valence-electron chi connectivity index (χ4n) is 3.68. The molecule has 1 N–H and O–H groups in total. The summed E-state index contributed by atoms with van der Waals surface area (Å²) in [4.78, 5) is 21.7. The highest BCUT2D eigenvalue weighted by atomic mass is 32.1. The van der Waals surface area contributed by atoms with Gasteiger partial charge in [-0.15, -0.1) is 0 Å². The van der Waals surface area contributed by atoms with Crippen LogP contribution in [-0.4, -0.2) is 32.5 Å². The average molecular weight is 388 g/mol. The lowest BCUT2D eigenvalue weighted by molar-refractivity contribution is 0.0905. The largest absolute Gasteiger partial charge is 0.432 e. The molecule has 0 saturated heterocycles. The second-order valence-electron chi connectivity index (χ2n) is 6.94. The third-order valence-corrected chi connectivity index (χ3v) is 5.29. The number of carbonyl (C=O) groups is 1. The van der Waals surface area contributed by atoms with Crippen molar-refractivity contribution in [2.75, 3.05) is 0 Å². The molecule has 6 nitrogen and oxygen atoms in total. The molecule has 0 bridgehead atoms. The maximum atomic E-state index is 13.1. The minimum atomic E-state index is -0.174. The molecule has 1 saturated carbocycles. The molecule has 1 amide bonds. The second-order valence-corrected chi connectivity index (χ2v) is 7.13. The first-order chi connectivity index (χ1) is 13.7. The van der Waals surface area contributed by atoms with Crippen LogP contribution in [0.15, 0.2) is 64.3 Å². The van der Waals surface area contributed by atoms with Crippen molar-refractivity contribution < 1.29 is 9.21 Å². The number of benzene rings is 2. The van der Waals surface area contributed by atoms with E-state index >= 15 is 0 Å². The van der Waals surface area contributed by atoms with Crippen molar-refractivity contribution in [1.82, 2.24) is 14.7 Å². The number of carbonyl (C=O) groups excluding carboxylic acids is 1. The number of imidazole rings is 1. The molecule has 5 rings (SSSR count). The van der Waals surface area contributed by atoms with Crippen molar-refractivity contribution in [3.8, 4) is 11.3 Å². The molecule has 1 fully saturated rings. The lowest BCUT2D eigenvalue weighted by atomic mass is 9.87. The third-order valence-electron chi connectivity index (χ3n) is 5.18. The Hall–Kier alpha value is -3.28. The van der Waals surface area contributed by atoms with Crippen molar-refractivity contribution in [2.24, 2.45) is 4.99 Å². The van der Waals surface area contributed by atoms with Crippen LogP contribution in [0.1, 0.15) is 23.3 Å². The van der Waals surface area contributed by atoms with Gasteiger partial charge in [-0.3, -0.25) is 9.20 Å². The number of rotatable bonds is 4. The van der Waals surface area contributed by atoms with Gasteiger partial charge in [-0.2, -0.15) is 4.98 Å². The lowest BCUT2D eigenvalue weighted by Gasteiger charge is -2.32. The Morgan fingerprint density at radius 3 is 2.89 bits per heavy atom. The Kier molecular flexibility index (Phi) is 4.04. The number of isothiocyanates is 1. The van der Waals surface area contributed by atoms with Gasteiger partial charge >= 0.3 is 5.84 Å². The van der Waals surface area contributed by atoms with E-state index in [1.54, 1.807) is 10.6 Å². The van der Waals surface area contributed by atoms with Crippen LogP contribution in [0.4, 0.5) is 0 Å². The number of fused-ring (bicyclic) bond motifs is 2. The van der Waals surface area contributed by atoms with Crippen molar-refractivity contribution in [2.45, 2.75) is 24.9 Å². The van der Waals surface area contributed by atoms with Crippen LogP contribution in [-0.2, 0) is 0 Å². The van der Waals surface area contributed by atoms with E-state index in [4.69, 9.17) is 4.42 Å². The van der Waals surface area contributed by atoms with Crippen LogP contribution >= 0.6 is 12.2 Å². The van der Waals surface area contributed by atoms with Gasteiger partial charge in [0, 0.05) is 17.8 Å². The number of oxazole rings is 1. The number of nitrogens with one attached hydrogen (secondary N) is 1. The van der Waals surface area contributed by atoms with Crippen LogP contribution in [0.25, 0.3) is 27.9 Å². The fourth-order valence-corrected chi connectivity index (χ4v) is 3.83. The van der Waals surface area contributed by atoms with Gasteiger partial charge in [-0.05, 0) is 41.9 Å². The van der Waals surface area contributed by atoms with Gasteiger partial charge in [0.05, 0.1) is 11.2 Å². The number of aliphatic imine (C=N–C) groups is 1. The highest BCUT2D eigenvalue weighted by Crippen LogP contribution is 2.29. The molecule has 1 aliphatic carbocycles. The Morgan fingerprint density at radius 2 is 2.07 bits per heavy atom. The molecule has 2 aromatic carbocycles. The van der Waals surface area contributed by atoms with Crippen molar-refractivity contribution in [1.29, 1.82) is 0 Å². The minimum Gasteiger partial charge on any atom is -0.432 e. The molecule has 4 aromatic rings. The summed E-state index contributed by atoms with van der Waals surface area (Å²) in [5.41, 5.74) is 1.95. The monoisotopic (exact) mass is 388 g/mol. The highest BCUT2D eigenvalue weighted by Gasteiger charge is 2.32. The van der Waals surface area contributed by atoms with E-state index in [1.165, 1.54) is 6.26 Å². The van der Waals surface area contributed by atoms with Crippen LogP contribution in [0.5, 0.6) is 0 Å². The van der Waals surface area contributed by atoms with Crippen LogP contribution in [0.2, 0.25) is 0 Å². The summed E-state index contributed by atoms with van der Waals surface area (Å²) < 4.78 is 7.12. The molecule has 2 aromatic heterocycles.